The first kappa shape index (κ1) is 22.1. The van der Waals surface area contributed by atoms with Gasteiger partial charge in [0.05, 0.1) is 17.8 Å². The van der Waals surface area contributed by atoms with Crippen molar-refractivity contribution in [2.24, 2.45) is 40.9 Å². The van der Waals surface area contributed by atoms with Crippen LogP contribution in [0.3, 0.4) is 0 Å². The van der Waals surface area contributed by atoms with Gasteiger partial charge in [-0.2, -0.15) is 0 Å². The zero-order valence-electron chi connectivity index (χ0n) is 19.2. The van der Waals surface area contributed by atoms with Gasteiger partial charge in [0.25, 0.3) is 0 Å². The van der Waals surface area contributed by atoms with Gasteiger partial charge in [0, 0.05) is 0 Å². The number of hydrogen-bond donors (Lipinski definition) is 3. The van der Waals surface area contributed by atoms with Gasteiger partial charge in [-0.1, -0.05) is 39.5 Å². The first-order valence-corrected chi connectivity index (χ1v) is 12.9. The van der Waals surface area contributed by atoms with Gasteiger partial charge in [0.1, 0.15) is 0 Å². The second kappa shape index (κ2) is 8.43. The molecular weight excluding hydrogens is 360 g/mol. The predicted octanol–water partition coefficient (Wildman–Crippen LogP) is 5.31. The highest BCUT2D eigenvalue weighted by molar-refractivity contribution is 5.10. The second-order valence-electron chi connectivity index (χ2n) is 11.9. The second-order valence-corrected chi connectivity index (χ2v) is 11.9. The summed E-state index contributed by atoms with van der Waals surface area (Å²) in [6, 6.07) is 0. The third kappa shape index (κ3) is 3.94. The Morgan fingerprint density at radius 2 is 1.62 bits per heavy atom. The lowest BCUT2D eigenvalue weighted by atomic mass is 9.48. The molecule has 0 saturated heterocycles. The van der Waals surface area contributed by atoms with Crippen LogP contribution >= 0.6 is 0 Å². The third-order valence-electron chi connectivity index (χ3n) is 10.3. The smallest absolute Gasteiger partial charge is 0.0653 e. The van der Waals surface area contributed by atoms with Gasteiger partial charge in [-0.3, -0.25) is 0 Å². The van der Waals surface area contributed by atoms with Crippen LogP contribution in [0.5, 0.6) is 0 Å². The molecule has 3 heteroatoms. The topological polar surface area (TPSA) is 60.7 Å². The summed E-state index contributed by atoms with van der Waals surface area (Å²) in [4.78, 5) is 0. The van der Waals surface area contributed by atoms with Crippen LogP contribution < -0.4 is 0 Å². The van der Waals surface area contributed by atoms with Crippen LogP contribution in [0.15, 0.2) is 0 Å². The Bertz CT molecular complexity index is 560. The molecule has 3 N–H and O–H groups in total. The van der Waals surface area contributed by atoms with Crippen molar-refractivity contribution in [1.29, 1.82) is 0 Å². The maximum Gasteiger partial charge on any atom is 0.0653 e. The number of hydrogen-bond acceptors (Lipinski definition) is 3. The van der Waals surface area contributed by atoms with Gasteiger partial charge in [0.2, 0.25) is 0 Å². The lowest BCUT2D eigenvalue weighted by molar-refractivity contribution is -0.143. The van der Waals surface area contributed by atoms with Gasteiger partial charge >= 0.3 is 0 Å². The summed E-state index contributed by atoms with van der Waals surface area (Å²) in [5, 5.41) is 32.6. The molecule has 0 aromatic heterocycles. The van der Waals surface area contributed by atoms with Crippen molar-refractivity contribution in [3.63, 3.8) is 0 Å². The minimum absolute atomic E-state index is 0.199. The summed E-state index contributed by atoms with van der Waals surface area (Å²) in [6.07, 6.45) is 14.1. The molecule has 168 valence electrons. The SMILES string of the molecule is CCCCCCC(C)(O)[C@H]1CC[C@H]2[C@@H]3C[C@H](O)[C@H]4C[C@@H](O)CCC4[C@H]3CC[C@]12C. The van der Waals surface area contributed by atoms with Crippen LogP contribution in [0.25, 0.3) is 0 Å². The third-order valence-corrected chi connectivity index (χ3v) is 10.3. The van der Waals surface area contributed by atoms with E-state index in [1.54, 1.807) is 0 Å². The summed E-state index contributed by atoms with van der Waals surface area (Å²) >= 11 is 0. The minimum atomic E-state index is -0.547. The van der Waals surface area contributed by atoms with E-state index in [0.717, 1.165) is 50.9 Å². The van der Waals surface area contributed by atoms with Gasteiger partial charge in [-0.05, 0) is 106 Å². The highest BCUT2D eigenvalue weighted by atomic mass is 16.3. The Hall–Kier alpha value is -0.120. The molecule has 4 aliphatic carbocycles. The molecule has 0 amide bonds. The Kier molecular flexibility index (Phi) is 6.42. The number of fused-ring (bicyclic) bond motifs is 5. The highest BCUT2D eigenvalue weighted by Gasteiger charge is 2.61. The van der Waals surface area contributed by atoms with E-state index in [9.17, 15) is 15.3 Å². The molecule has 0 aromatic rings. The van der Waals surface area contributed by atoms with Crippen LogP contribution in [0.4, 0.5) is 0 Å². The van der Waals surface area contributed by atoms with Gasteiger partial charge < -0.3 is 15.3 Å². The number of aliphatic hydroxyl groups is 3. The fourth-order valence-corrected chi connectivity index (χ4v) is 8.93. The zero-order chi connectivity index (χ0) is 20.8. The lowest BCUT2D eigenvalue weighted by Gasteiger charge is -2.58. The first-order valence-electron chi connectivity index (χ1n) is 12.9. The molecule has 4 fully saturated rings. The van der Waals surface area contributed by atoms with E-state index in [0.29, 0.717) is 29.6 Å². The molecule has 4 aliphatic rings. The maximum absolute atomic E-state index is 11.5. The quantitative estimate of drug-likeness (QED) is 0.524. The molecule has 10 atom stereocenters. The molecule has 0 aliphatic heterocycles. The molecule has 0 spiro atoms. The monoisotopic (exact) mass is 406 g/mol. The highest BCUT2D eigenvalue weighted by Crippen LogP contribution is 2.66. The average Bonchev–Trinajstić information content (AvgIpc) is 3.04. The van der Waals surface area contributed by atoms with Crippen LogP contribution in [0, 0.1) is 40.9 Å². The summed E-state index contributed by atoms with van der Waals surface area (Å²) in [5.41, 5.74) is -0.314. The molecule has 0 heterocycles. The van der Waals surface area contributed by atoms with E-state index in [1.165, 1.54) is 38.5 Å². The fraction of sp³-hybridized carbons (Fsp3) is 1.00. The fourth-order valence-electron chi connectivity index (χ4n) is 8.93. The number of rotatable bonds is 6. The molecule has 3 nitrogen and oxygen atoms in total. The molecule has 29 heavy (non-hydrogen) atoms. The van der Waals surface area contributed by atoms with E-state index in [4.69, 9.17) is 0 Å². The Balaban J connectivity index is 1.48. The van der Waals surface area contributed by atoms with Crippen LogP contribution in [0.1, 0.15) is 104 Å². The number of unbranched alkanes of at least 4 members (excludes halogenated alkanes) is 3. The van der Waals surface area contributed by atoms with Crippen molar-refractivity contribution in [2.75, 3.05) is 0 Å². The van der Waals surface area contributed by atoms with Gasteiger partial charge in [-0.15, -0.1) is 0 Å². The Morgan fingerprint density at radius 1 is 0.862 bits per heavy atom. The predicted molar refractivity (Wildman–Crippen MR) is 117 cm³/mol. The zero-order valence-corrected chi connectivity index (χ0v) is 19.2. The van der Waals surface area contributed by atoms with Crippen LogP contribution in [0.2, 0.25) is 0 Å². The standard InChI is InChI=1S/C26H46O3/c1-4-5-6-7-13-26(3,29)24-11-10-22-20-16-23(28)21-15-17(27)8-9-18(21)19(20)12-14-25(22,24)2/h17-24,27-29H,4-16H2,1-3H3/t17-,18?,19+,20+,21-,22-,23-,24-,25-,26?/m0/s1. The largest absolute Gasteiger partial charge is 0.393 e. The van der Waals surface area contributed by atoms with Crippen LogP contribution in [-0.2, 0) is 0 Å². The van der Waals surface area contributed by atoms with Crippen LogP contribution in [-0.4, -0.2) is 33.1 Å². The molecule has 0 aromatic carbocycles. The molecule has 4 saturated carbocycles. The summed E-state index contributed by atoms with van der Waals surface area (Å²) in [6.45, 7) is 6.85. The Morgan fingerprint density at radius 3 is 2.38 bits per heavy atom. The summed E-state index contributed by atoms with van der Waals surface area (Å²) in [5.74, 6) is 3.37. The van der Waals surface area contributed by atoms with Crippen molar-refractivity contribution in [3.05, 3.63) is 0 Å². The van der Waals surface area contributed by atoms with Crippen molar-refractivity contribution in [3.8, 4) is 0 Å². The normalized spacial score (nSPS) is 49.0. The molecule has 4 rings (SSSR count). The van der Waals surface area contributed by atoms with E-state index >= 15 is 0 Å². The van der Waals surface area contributed by atoms with E-state index in [1.807, 2.05) is 0 Å². The van der Waals surface area contributed by atoms with Crippen molar-refractivity contribution in [2.45, 2.75) is 122 Å². The van der Waals surface area contributed by atoms with Gasteiger partial charge in [0.15, 0.2) is 0 Å². The summed E-state index contributed by atoms with van der Waals surface area (Å²) < 4.78 is 0. The van der Waals surface area contributed by atoms with Gasteiger partial charge in [-0.25, -0.2) is 0 Å². The average molecular weight is 407 g/mol. The lowest BCUT2D eigenvalue weighted by Crippen LogP contribution is -2.55. The maximum atomic E-state index is 11.5. The molecular formula is C26H46O3. The molecule has 0 bridgehead atoms. The molecule has 2 unspecified atom stereocenters. The molecule has 0 radical (unpaired) electrons. The summed E-state index contributed by atoms with van der Waals surface area (Å²) in [7, 11) is 0. The van der Waals surface area contributed by atoms with Crippen molar-refractivity contribution >= 4 is 0 Å². The first-order chi connectivity index (χ1) is 13.8. The van der Waals surface area contributed by atoms with Crippen molar-refractivity contribution < 1.29 is 15.3 Å². The number of aliphatic hydroxyl groups excluding tert-OH is 2. The van der Waals surface area contributed by atoms with E-state index in [-0.39, 0.29) is 17.6 Å². The Labute approximate surface area is 178 Å². The van der Waals surface area contributed by atoms with E-state index in [2.05, 4.69) is 20.8 Å². The minimum Gasteiger partial charge on any atom is -0.393 e. The van der Waals surface area contributed by atoms with Crippen molar-refractivity contribution in [1.82, 2.24) is 0 Å². The van der Waals surface area contributed by atoms with E-state index < -0.39 is 5.60 Å².